The maximum Gasteiger partial charge on any atom is 0.117 e. The van der Waals surface area contributed by atoms with Crippen LogP contribution in [0.1, 0.15) is 37.9 Å². The van der Waals surface area contributed by atoms with E-state index in [1.165, 1.54) is 32.1 Å². The van der Waals surface area contributed by atoms with Crippen molar-refractivity contribution in [1.82, 2.24) is 5.32 Å². The van der Waals surface area contributed by atoms with Crippen molar-refractivity contribution in [2.45, 2.75) is 44.7 Å². The van der Waals surface area contributed by atoms with Crippen LogP contribution in [-0.4, -0.2) is 12.6 Å². The molecule has 0 radical (unpaired) electrons. The zero-order valence-corrected chi connectivity index (χ0v) is 9.82. The Morgan fingerprint density at radius 3 is 3.00 bits per heavy atom. The van der Waals surface area contributed by atoms with Crippen LogP contribution < -0.4 is 11.1 Å². The summed E-state index contributed by atoms with van der Waals surface area (Å²) in [5.41, 5.74) is 6.17. The fourth-order valence-electron chi connectivity index (χ4n) is 2.46. The van der Waals surface area contributed by atoms with Gasteiger partial charge >= 0.3 is 0 Å². The van der Waals surface area contributed by atoms with Gasteiger partial charge in [-0.15, -0.1) is 0 Å². The highest BCUT2D eigenvalue weighted by molar-refractivity contribution is 4.97. The molecule has 1 aromatic heterocycles. The minimum Gasteiger partial charge on any atom is -0.468 e. The lowest BCUT2D eigenvalue weighted by Crippen LogP contribution is -2.36. The summed E-state index contributed by atoms with van der Waals surface area (Å²) in [5.74, 6) is 1.64. The lowest BCUT2D eigenvalue weighted by Gasteiger charge is -2.21. The summed E-state index contributed by atoms with van der Waals surface area (Å²) in [7, 11) is 0. The third-order valence-electron chi connectivity index (χ3n) is 3.50. The van der Waals surface area contributed by atoms with Gasteiger partial charge in [-0.1, -0.05) is 19.3 Å². The highest BCUT2D eigenvalue weighted by Gasteiger charge is 2.19. The Bertz CT molecular complexity index is 284. The van der Waals surface area contributed by atoms with E-state index in [0.717, 1.165) is 18.8 Å². The molecule has 1 heterocycles. The second-order valence-electron chi connectivity index (χ2n) is 4.77. The molecular weight excluding hydrogens is 200 g/mol. The first-order valence-electron chi connectivity index (χ1n) is 6.35. The van der Waals surface area contributed by atoms with Gasteiger partial charge in [-0.3, -0.25) is 0 Å². The molecule has 1 saturated carbocycles. The van der Waals surface area contributed by atoms with Gasteiger partial charge in [-0.2, -0.15) is 0 Å². The van der Waals surface area contributed by atoms with Crippen molar-refractivity contribution >= 4 is 0 Å². The molecule has 2 atom stereocenters. The molecule has 0 bridgehead atoms. The summed E-state index contributed by atoms with van der Waals surface area (Å²) >= 11 is 0. The molecule has 1 aliphatic rings. The Balaban J connectivity index is 1.71. The van der Waals surface area contributed by atoms with Crippen LogP contribution in [0.2, 0.25) is 0 Å². The number of hydrogen-bond acceptors (Lipinski definition) is 3. The maximum absolute atomic E-state index is 6.17. The molecule has 3 nitrogen and oxygen atoms in total. The lowest BCUT2D eigenvalue weighted by molar-refractivity contribution is 0.365. The lowest BCUT2D eigenvalue weighted by atomic mass is 9.95. The van der Waals surface area contributed by atoms with E-state index in [0.29, 0.717) is 12.0 Å². The quantitative estimate of drug-likeness (QED) is 0.768. The van der Waals surface area contributed by atoms with E-state index >= 15 is 0 Å². The van der Waals surface area contributed by atoms with Crippen molar-refractivity contribution in [3.63, 3.8) is 0 Å². The fourth-order valence-corrected chi connectivity index (χ4v) is 2.46. The second kappa shape index (κ2) is 6.06. The molecule has 0 aromatic carbocycles. The Kier molecular flexibility index (Phi) is 4.43. The van der Waals surface area contributed by atoms with E-state index in [9.17, 15) is 0 Å². The Morgan fingerprint density at radius 2 is 2.19 bits per heavy atom. The van der Waals surface area contributed by atoms with E-state index in [-0.39, 0.29) is 0 Å². The van der Waals surface area contributed by atoms with Crippen molar-refractivity contribution in [2.24, 2.45) is 11.7 Å². The molecule has 1 aliphatic carbocycles. The number of rotatable bonds is 4. The number of nitrogens with two attached hydrogens (primary N) is 1. The summed E-state index contributed by atoms with van der Waals surface area (Å²) in [5, 5.41) is 3.44. The SMILES string of the molecule is NC1CCCCCC1CNCc1ccco1. The van der Waals surface area contributed by atoms with Crippen LogP contribution in [0.25, 0.3) is 0 Å². The molecule has 3 heteroatoms. The third-order valence-corrected chi connectivity index (χ3v) is 3.50. The average Bonchev–Trinajstić information content (AvgIpc) is 2.71. The van der Waals surface area contributed by atoms with Crippen LogP contribution in [0.5, 0.6) is 0 Å². The van der Waals surface area contributed by atoms with Crippen molar-refractivity contribution < 1.29 is 4.42 Å². The summed E-state index contributed by atoms with van der Waals surface area (Å²) in [6, 6.07) is 4.31. The van der Waals surface area contributed by atoms with Crippen molar-refractivity contribution in [1.29, 1.82) is 0 Å². The first kappa shape index (κ1) is 11.7. The van der Waals surface area contributed by atoms with Crippen molar-refractivity contribution in [3.05, 3.63) is 24.2 Å². The highest BCUT2D eigenvalue weighted by Crippen LogP contribution is 2.21. The summed E-state index contributed by atoms with van der Waals surface area (Å²) in [6.07, 6.45) is 8.16. The van der Waals surface area contributed by atoms with Gasteiger partial charge in [0.05, 0.1) is 12.8 Å². The van der Waals surface area contributed by atoms with Gasteiger partial charge in [-0.25, -0.2) is 0 Å². The van der Waals surface area contributed by atoms with Gasteiger partial charge in [0.25, 0.3) is 0 Å². The minimum absolute atomic E-state index is 0.381. The monoisotopic (exact) mass is 222 g/mol. The summed E-state index contributed by atoms with van der Waals surface area (Å²) in [4.78, 5) is 0. The van der Waals surface area contributed by atoms with E-state index in [1.807, 2.05) is 12.1 Å². The molecule has 0 amide bonds. The molecule has 1 aromatic rings. The summed E-state index contributed by atoms with van der Waals surface area (Å²) < 4.78 is 5.28. The zero-order chi connectivity index (χ0) is 11.2. The molecule has 0 aliphatic heterocycles. The Labute approximate surface area is 97.4 Å². The molecule has 3 N–H and O–H groups in total. The van der Waals surface area contributed by atoms with Gasteiger partial charge < -0.3 is 15.5 Å². The molecular formula is C13H22N2O. The minimum atomic E-state index is 0.381. The zero-order valence-electron chi connectivity index (χ0n) is 9.82. The number of furan rings is 1. The first-order valence-corrected chi connectivity index (χ1v) is 6.35. The predicted octanol–water partition coefficient (Wildman–Crippen LogP) is 2.28. The second-order valence-corrected chi connectivity index (χ2v) is 4.77. The van der Waals surface area contributed by atoms with Crippen LogP contribution in [0.15, 0.2) is 22.8 Å². The largest absolute Gasteiger partial charge is 0.468 e. The molecule has 0 saturated heterocycles. The van der Waals surface area contributed by atoms with E-state index < -0.39 is 0 Å². The van der Waals surface area contributed by atoms with Crippen LogP contribution in [0.4, 0.5) is 0 Å². The molecule has 0 spiro atoms. The third kappa shape index (κ3) is 3.35. The number of hydrogen-bond donors (Lipinski definition) is 2. The van der Waals surface area contributed by atoms with Gasteiger partial charge in [0.1, 0.15) is 5.76 Å². The molecule has 16 heavy (non-hydrogen) atoms. The van der Waals surface area contributed by atoms with Crippen LogP contribution in [0, 0.1) is 5.92 Å². The molecule has 90 valence electrons. The van der Waals surface area contributed by atoms with Gasteiger partial charge in [0, 0.05) is 6.04 Å². The topological polar surface area (TPSA) is 51.2 Å². The van der Waals surface area contributed by atoms with Crippen molar-refractivity contribution in [3.8, 4) is 0 Å². The van der Waals surface area contributed by atoms with Gasteiger partial charge in [0.2, 0.25) is 0 Å². The summed E-state index contributed by atoms with van der Waals surface area (Å²) in [6.45, 7) is 1.83. The smallest absolute Gasteiger partial charge is 0.117 e. The van der Waals surface area contributed by atoms with Crippen molar-refractivity contribution in [2.75, 3.05) is 6.54 Å². The van der Waals surface area contributed by atoms with E-state index in [4.69, 9.17) is 10.2 Å². The van der Waals surface area contributed by atoms with E-state index in [2.05, 4.69) is 5.32 Å². The maximum atomic E-state index is 6.17. The Hall–Kier alpha value is -0.800. The fraction of sp³-hybridized carbons (Fsp3) is 0.692. The number of nitrogens with one attached hydrogen (secondary N) is 1. The van der Waals surface area contributed by atoms with Gasteiger partial charge in [-0.05, 0) is 37.4 Å². The predicted molar refractivity (Wildman–Crippen MR) is 65.0 cm³/mol. The molecule has 1 fully saturated rings. The average molecular weight is 222 g/mol. The first-order chi connectivity index (χ1) is 7.86. The van der Waals surface area contributed by atoms with Crippen LogP contribution in [-0.2, 0) is 6.54 Å². The highest BCUT2D eigenvalue weighted by atomic mass is 16.3. The van der Waals surface area contributed by atoms with Crippen LogP contribution in [0.3, 0.4) is 0 Å². The normalized spacial score (nSPS) is 26.6. The standard InChI is InChI=1S/C13H22N2O/c14-13-7-3-1-2-5-11(13)9-15-10-12-6-4-8-16-12/h4,6,8,11,13,15H,1-3,5,7,9-10,14H2. The van der Waals surface area contributed by atoms with Gasteiger partial charge in [0.15, 0.2) is 0 Å². The molecule has 2 unspecified atom stereocenters. The Morgan fingerprint density at radius 1 is 1.31 bits per heavy atom. The van der Waals surface area contributed by atoms with Crippen LogP contribution >= 0.6 is 0 Å². The van der Waals surface area contributed by atoms with E-state index in [1.54, 1.807) is 6.26 Å². The molecule has 2 rings (SSSR count).